The molecule has 1 fully saturated rings. The van der Waals surface area contributed by atoms with Gasteiger partial charge in [0.1, 0.15) is 0 Å². The Morgan fingerprint density at radius 1 is 0.964 bits per heavy atom. The van der Waals surface area contributed by atoms with Crippen molar-refractivity contribution < 1.29 is 13.2 Å². The average molecular weight is 399 g/mol. The molecule has 0 aliphatic carbocycles. The van der Waals surface area contributed by atoms with Gasteiger partial charge >= 0.3 is 0 Å². The van der Waals surface area contributed by atoms with Crippen molar-refractivity contribution in [3.8, 4) is 0 Å². The number of nitrogens with zero attached hydrogens (tertiary/aromatic N) is 2. The zero-order valence-corrected chi connectivity index (χ0v) is 17.0. The Morgan fingerprint density at radius 3 is 2.32 bits per heavy atom. The monoisotopic (exact) mass is 398 g/mol. The first-order chi connectivity index (χ1) is 13.5. The highest BCUT2D eigenvalue weighted by atomic mass is 32.2. The molecule has 1 atom stereocenters. The predicted octanol–water partition coefficient (Wildman–Crippen LogP) is 3.84. The van der Waals surface area contributed by atoms with E-state index in [4.69, 9.17) is 0 Å². The molecule has 0 unspecified atom stereocenters. The summed E-state index contributed by atoms with van der Waals surface area (Å²) < 4.78 is 27.8. The maximum atomic E-state index is 13.2. The van der Waals surface area contributed by atoms with E-state index in [0.717, 1.165) is 31.5 Å². The van der Waals surface area contributed by atoms with Crippen molar-refractivity contribution in [2.45, 2.75) is 50.0 Å². The van der Waals surface area contributed by atoms with E-state index in [9.17, 15) is 13.2 Å². The number of benzene rings is 2. The summed E-state index contributed by atoms with van der Waals surface area (Å²) in [6.07, 6.45) is 5.08. The van der Waals surface area contributed by atoms with Gasteiger partial charge in [0.25, 0.3) is 15.9 Å². The minimum Gasteiger partial charge on any atom is -0.339 e. The van der Waals surface area contributed by atoms with Gasteiger partial charge < -0.3 is 4.90 Å². The lowest BCUT2D eigenvalue weighted by atomic mass is 10.1. The van der Waals surface area contributed by atoms with E-state index in [-0.39, 0.29) is 11.9 Å². The zero-order valence-electron chi connectivity index (χ0n) is 16.2. The minimum absolute atomic E-state index is 0.0571. The number of sulfonamides is 1. The molecule has 1 saturated heterocycles. The van der Waals surface area contributed by atoms with Crippen molar-refractivity contribution in [3.63, 3.8) is 0 Å². The van der Waals surface area contributed by atoms with Crippen molar-refractivity contribution in [2.75, 3.05) is 17.4 Å². The van der Waals surface area contributed by atoms with Gasteiger partial charge in [-0.15, -0.1) is 0 Å². The fourth-order valence-corrected chi connectivity index (χ4v) is 5.98. The summed E-state index contributed by atoms with van der Waals surface area (Å²) in [6, 6.07) is 13.8. The molecule has 0 N–H and O–H groups in total. The molecule has 6 heteroatoms. The summed E-state index contributed by atoms with van der Waals surface area (Å²) in [5.74, 6) is 0.0571. The van der Waals surface area contributed by atoms with Gasteiger partial charge in [-0.25, -0.2) is 8.42 Å². The Kier molecular flexibility index (Phi) is 5.15. The van der Waals surface area contributed by atoms with E-state index in [0.29, 0.717) is 22.6 Å². The normalized spacial score (nSPS) is 20.0. The predicted molar refractivity (Wildman–Crippen MR) is 110 cm³/mol. The number of hydrogen-bond donors (Lipinski definition) is 0. The van der Waals surface area contributed by atoms with Crippen LogP contribution in [-0.2, 0) is 16.4 Å². The minimum atomic E-state index is -3.62. The van der Waals surface area contributed by atoms with E-state index in [1.807, 2.05) is 17.9 Å². The molecular formula is C22H26N2O3S. The lowest BCUT2D eigenvalue weighted by Crippen LogP contribution is -2.35. The van der Waals surface area contributed by atoms with Crippen LogP contribution in [0.1, 0.15) is 48.5 Å². The fraction of sp³-hybridized carbons (Fsp3) is 0.409. The Labute approximate surface area is 167 Å². The van der Waals surface area contributed by atoms with Gasteiger partial charge in [-0.3, -0.25) is 9.10 Å². The van der Waals surface area contributed by atoms with Crippen LogP contribution in [0.15, 0.2) is 53.4 Å². The number of amides is 1. The zero-order chi connectivity index (χ0) is 19.7. The van der Waals surface area contributed by atoms with Gasteiger partial charge in [0.2, 0.25) is 0 Å². The summed E-state index contributed by atoms with van der Waals surface area (Å²) in [7, 11) is -3.62. The molecule has 2 heterocycles. The van der Waals surface area contributed by atoms with Gasteiger partial charge in [0.15, 0.2) is 0 Å². The van der Waals surface area contributed by atoms with Crippen molar-refractivity contribution in [2.24, 2.45) is 0 Å². The molecule has 2 aliphatic heterocycles. The molecule has 0 radical (unpaired) electrons. The number of carbonyl (C=O) groups excluding carboxylic acids is 1. The summed E-state index contributed by atoms with van der Waals surface area (Å²) in [6.45, 7) is 3.53. The number of carbonyl (C=O) groups is 1. The van der Waals surface area contributed by atoms with Crippen molar-refractivity contribution >= 4 is 21.6 Å². The van der Waals surface area contributed by atoms with Gasteiger partial charge in [0.05, 0.1) is 10.6 Å². The van der Waals surface area contributed by atoms with Crippen LogP contribution in [0.5, 0.6) is 0 Å². The van der Waals surface area contributed by atoms with Crippen LogP contribution >= 0.6 is 0 Å². The first-order valence-corrected chi connectivity index (χ1v) is 11.4. The van der Waals surface area contributed by atoms with Gasteiger partial charge in [-0.05, 0) is 62.1 Å². The van der Waals surface area contributed by atoms with Gasteiger partial charge in [-0.2, -0.15) is 0 Å². The summed E-state index contributed by atoms with van der Waals surface area (Å²) >= 11 is 0. The van der Waals surface area contributed by atoms with Crippen LogP contribution in [0.25, 0.3) is 0 Å². The maximum Gasteiger partial charge on any atom is 0.264 e. The molecule has 2 aromatic carbocycles. The molecule has 0 aromatic heterocycles. The van der Waals surface area contributed by atoms with Gasteiger partial charge in [-0.1, -0.05) is 31.0 Å². The number of anilines is 1. The van der Waals surface area contributed by atoms with Crippen LogP contribution in [0, 0.1) is 0 Å². The molecule has 1 amide bonds. The van der Waals surface area contributed by atoms with Crippen LogP contribution < -0.4 is 4.31 Å². The fourth-order valence-electron chi connectivity index (χ4n) is 4.26. The molecule has 4 rings (SSSR count). The Balaban J connectivity index is 1.64. The highest BCUT2D eigenvalue weighted by Crippen LogP contribution is 2.37. The Hall–Kier alpha value is -2.34. The maximum absolute atomic E-state index is 13.2. The van der Waals surface area contributed by atoms with E-state index in [2.05, 4.69) is 0 Å². The largest absolute Gasteiger partial charge is 0.339 e. The van der Waals surface area contributed by atoms with E-state index < -0.39 is 10.0 Å². The highest BCUT2D eigenvalue weighted by molar-refractivity contribution is 7.92. The average Bonchev–Trinajstić information content (AvgIpc) is 2.85. The molecular weight excluding hydrogens is 372 g/mol. The third-order valence-corrected chi connectivity index (χ3v) is 7.62. The molecule has 148 valence electrons. The number of fused-ring (bicyclic) bond motifs is 1. The molecule has 28 heavy (non-hydrogen) atoms. The van der Waals surface area contributed by atoms with Crippen LogP contribution in [0.4, 0.5) is 5.69 Å². The summed E-state index contributed by atoms with van der Waals surface area (Å²) in [5, 5.41) is 0. The topological polar surface area (TPSA) is 57.7 Å². The first-order valence-electron chi connectivity index (χ1n) is 10.00. The molecule has 0 saturated carbocycles. The lowest BCUT2D eigenvalue weighted by Gasteiger charge is -2.24. The summed E-state index contributed by atoms with van der Waals surface area (Å²) in [4.78, 5) is 15.2. The van der Waals surface area contributed by atoms with Crippen LogP contribution in [0.3, 0.4) is 0 Å². The van der Waals surface area contributed by atoms with E-state index in [1.165, 1.54) is 17.1 Å². The summed E-state index contributed by atoms with van der Waals surface area (Å²) in [5.41, 5.74) is 2.27. The smallest absolute Gasteiger partial charge is 0.264 e. The lowest BCUT2D eigenvalue weighted by molar-refractivity contribution is 0.0761. The van der Waals surface area contributed by atoms with Crippen LogP contribution in [0.2, 0.25) is 0 Å². The molecule has 0 bridgehead atoms. The second-order valence-electron chi connectivity index (χ2n) is 7.72. The SMILES string of the molecule is C[C@@H]1Cc2cc(C(=O)N3CCCCCC3)ccc2N1S(=O)(=O)c1ccccc1. The standard InChI is InChI=1S/C22H26N2O3S/c1-17-15-19-16-18(22(25)23-13-7-2-3-8-14-23)11-12-21(19)24(17)28(26,27)20-9-5-4-6-10-20/h4-6,9-12,16-17H,2-3,7-8,13-15H2,1H3/t17-/m1/s1. The van der Waals surface area contributed by atoms with E-state index >= 15 is 0 Å². The number of hydrogen-bond acceptors (Lipinski definition) is 3. The first kappa shape index (κ1) is 19.0. The van der Waals surface area contributed by atoms with Crippen molar-refractivity contribution in [1.29, 1.82) is 0 Å². The van der Waals surface area contributed by atoms with Crippen molar-refractivity contribution in [3.05, 3.63) is 59.7 Å². The van der Waals surface area contributed by atoms with Gasteiger partial charge in [0, 0.05) is 24.7 Å². The molecule has 2 aliphatic rings. The third-order valence-electron chi connectivity index (χ3n) is 5.67. The number of likely N-dealkylation sites (tertiary alicyclic amines) is 1. The van der Waals surface area contributed by atoms with Crippen LogP contribution in [-0.4, -0.2) is 38.4 Å². The number of rotatable bonds is 3. The Morgan fingerprint density at radius 2 is 1.64 bits per heavy atom. The molecule has 2 aromatic rings. The third kappa shape index (κ3) is 3.41. The van der Waals surface area contributed by atoms with Crippen molar-refractivity contribution in [1.82, 2.24) is 4.90 Å². The quantitative estimate of drug-likeness (QED) is 0.789. The molecule has 0 spiro atoms. The Bertz CT molecular complexity index is 965. The second-order valence-corrected chi connectivity index (χ2v) is 9.53. The highest BCUT2D eigenvalue weighted by Gasteiger charge is 2.36. The second kappa shape index (κ2) is 7.59. The molecule has 5 nitrogen and oxygen atoms in total. The van der Waals surface area contributed by atoms with E-state index in [1.54, 1.807) is 42.5 Å².